The lowest BCUT2D eigenvalue weighted by atomic mass is 9.80. The number of likely N-dealkylation sites (tertiary alicyclic amines) is 1. The molecule has 0 aromatic heterocycles. The fourth-order valence-corrected chi connectivity index (χ4v) is 3.19. The molecule has 20 heavy (non-hydrogen) atoms. The van der Waals surface area contributed by atoms with E-state index >= 15 is 0 Å². The Hall–Kier alpha value is -0.860. The van der Waals surface area contributed by atoms with Crippen molar-refractivity contribution in [3.05, 3.63) is 35.9 Å². The summed E-state index contributed by atoms with van der Waals surface area (Å²) in [4.78, 5) is 2.67. The summed E-state index contributed by atoms with van der Waals surface area (Å²) in [5.74, 6) is 0.815. The lowest BCUT2D eigenvalue weighted by Gasteiger charge is -2.31. The van der Waals surface area contributed by atoms with Crippen LogP contribution in [0.3, 0.4) is 0 Å². The molecule has 2 atom stereocenters. The molecular formula is C18H30N2. The van der Waals surface area contributed by atoms with Crippen LogP contribution in [0.15, 0.2) is 30.3 Å². The smallest absolute Gasteiger partial charge is 0.0472 e. The molecule has 1 aromatic carbocycles. The minimum absolute atomic E-state index is 0.425. The van der Waals surface area contributed by atoms with Crippen molar-refractivity contribution >= 4 is 0 Å². The normalized spacial score (nSPS) is 22.1. The Kier molecular flexibility index (Phi) is 5.22. The van der Waals surface area contributed by atoms with Gasteiger partial charge in [-0.05, 0) is 36.4 Å². The maximum Gasteiger partial charge on any atom is 0.0472 e. The van der Waals surface area contributed by atoms with Crippen molar-refractivity contribution < 1.29 is 0 Å². The third kappa shape index (κ3) is 3.83. The van der Waals surface area contributed by atoms with Crippen LogP contribution in [-0.2, 0) is 0 Å². The number of nitrogens with zero attached hydrogens (tertiary/aromatic N) is 1. The van der Waals surface area contributed by atoms with Gasteiger partial charge in [-0.15, -0.1) is 0 Å². The van der Waals surface area contributed by atoms with Crippen molar-refractivity contribution in [1.29, 1.82) is 0 Å². The van der Waals surface area contributed by atoms with Crippen LogP contribution in [-0.4, -0.2) is 31.1 Å². The zero-order valence-corrected chi connectivity index (χ0v) is 13.5. The second-order valence-corrected chi connectivity index (χ2v) is 7.08. The number of hydrogen-bond acceptors (Lipinski definition) is 2. The number of hydrogen-bond donors (Lipinski definition) is 1. The quantitative estimate of drug-likeness (QED) is 0.880. The lowest BCUT2D eigenvalue weighted by molar-refractivity contribution is 0.192. The van der Waals surface area contributed by atoms with Crippen LogP contribution in [0.25, 0.3) is 0 Å². The highest BCUT2D eigenvalue weighted by molar-refractivity contribution is 5.20. The van der Waals surface area contributed by atoms with Crippen molar-refractivity contribution in [2.24, 2.45) is 11.3 Å². The van der Waals surface area contributed by atoms with Crippen LogP contribution in [0, 0.1) is 11.3 Å². The summed E-state index contributed by atoms with van der Waals surface area (Å²) in [6, 6.07) is 11.5. The summed E-state index contributed by atoms with van der Waals surface area (Å²) in [6.07, 6.45) is 1.33. The van der Waals surface area contributed by atoms with Crippen LogP contribution >= 0.6 is 0 Å². The number of likely N-dealkylation sites (N-methyl/N-ethyl adjacent to an activating group) is 1. The Balaban J connectivity index is 2.09. The average Bonchev–Trinajstić information content (AvgIpc) is 2.90. The van der Waals surface area contributed by atoms with Gasteiger partial charge in [0.2, 0.25) is 0 Å². The molecule has 2 nitrogen and oxygen atoms in total. The summed E-state index contributed by atoms with van der Waals surface area (Å²) in [5.41, 5.74) is 1.87. The Morgan fingerprint density at radius 2 is 1.95 bits per heavy atom. The van der Waals surface area contributed by atoms with Crippen LogP contribution < -0.4 is 5.32 Å². The highest BCUT2D eigenvalue weighted by Crippen LogP contribution is 2.36. The molecule has 0 spiro atoms. The molecule has 0 aliphatic carbocycles. The maximum atomic E-state index is 3.54. The van der Waals surface area contributed by atoms with Gasteiger partial charge < -0.3 is 5.32 Å². The van der Waals surface area contributed by atoms with Gasteiger partial charge >= 0.3 is 0 Å². The molecule has 1 heterocycles. The molecule has 0 bridgehead atoms. The van der Waals surface area contributed by atoms with Crippen LogP contribution in [0.4, 0.5) is 0 Å². The first-order chi connectivity index (χ1) is 9.52. The van der Waals surface area contributed by atoms with Gasteiger partial charge in [-0.3, -0.25) is 4.90 Å². The summed E-state index contributed by atoms with van der Waals surface area (Å²) in [5, 5.41) is 3.54. The van der Waals surface area contributed by atoms with Crippen molar-refractivity contribution in [2.45, 2.75) is 40.2 Å². The molecule has 0 amide bonds. The Morgan fingerprint density at radius 1 is 1.25 bits per heavy atom. The second kappa shape index (κ2) is 6.73. The van der Waals surface area contributed by atoms with Gasteiger partial charge in [0, 0.05) is 19.1 Å². The highest BCUT2D eigenvalue weighted by Gasteiger charge is 2.34. The molecule has 1 aromatic rings. The topological polar surface area (TPSA) is 15.3 Å². The third-order valence-corrected chi connectivity index (χ3v) is 4.66. The van der Waals surface area contributed by atoms with Gasteiger partial charge in [0.15, 0.2) is 0 Å². The lowest BCUT2D eigenvalue weighted by Crippen LogP contribution is -2.35. The van der Waals surface area contributed by atoms with Crippen LogP contribution in [0.1, 0.15) is 45.7 Å². The molecule has 2 unspecified atom stereocenters. The van der Waals surface area contributed by atoms with E-state index < -0.39 is 0 Å². The van der Waals surface area contributed by atoms with E-state index in [1.54, 1.807) is 0 Å². The van der Waals surface area contributed by atoms with Gasteiger partial charge in [-0.25, -0.2) is 0 Å². The fourth-order valence-electron chi connectivity index (χ4n) is 3.19. The van der Waals surface area contributed by atoms with E-state index in [0.717, 1.165) is 19.0 Å². The van der Waals surface area contributed by atoms with Gasteiger partial charge in [0.25, 0.3) is 0 Å². The van der Waals surface area contributed by atoms with Crippen LogP contribution in [0.5, 0.6) is 0 Å². The van der Waals surface area contributed by atoms with E-state index in [2.05, 4.69) is 68.2 Å². The van der Waals surface area contributed by atoms with E-state index in [1.807, 2.05) is 0 Å². The van der Waals surface area contributed by atoms with Crippen molar-refractivity contribution in [1.82, 2.24) is 10.2 Å². The van der Waals surface area contributed by atoms with Gasteiger partial charge in [0.1, 0.15) is 0 Å². The predicted octanol–water partition coefficient (Wildman–Crippen LogP) is 3.71. The first-order valence-electron chi connectivity index (χ1n) is 8.02. The summed E-state index contributed by atoms with van der Waals surface area (Å²) in [7, 11) is 0. The standard InChI is InChI=1S/C18H30N2/c1-5-19-13-17(15-9-7-6-8-10-15)20-12-11-16(14-20)18(2,3)4/h6-10,16-17,19H,5,11-14H2,1-4H3. The molecule has 1 fully saturated rings. The van der Waals surface area contributed by atoms with E-state index in [0.29, 0.717) is 11.5 Å². The first-order valence-corrected chi connectivity index (χ1v) is 8.02. The minimum Gasteiger partial charge on any atom is -0.315 e. The molecule has 0 saturated carbocycles. The van der Waals surface area contributed by atoms with Gasteiger partial charge in [-0.1, -0.05) is 58.0 Å². The number of rotatable bonds is 5. The Labute approximate surface area is 124 Å². The molecule has 0 radical (unpaired) electrons. The van der Waals surface area contributed by atoms with Gasteiger partial charge in [-0.2, -0.15) is 0 Å². The average molecular weight is 274 g/mol. The van der Waals surface area contributed by atoms with E-state index in [-0.39, 0.29) is 0 Å². The molecule has 2 heteroatoms. The summed E-state index contributed by atoms with van der Waals surface area (Å²) in [6.45, 7) is 13.9. The SMILES string of the molecule is CCNCC(c1ccccc1)N1CCC(C(C)(C)C)C1. The zero-order valence-electron chi connectivity index (χ0n) is 13.5. The second-order valence-electron chi connectivity index (χ2n) is 7.08. The van der Waals surface area contributed by atoms with Gasteiger partial charge in [0.05, 0.1) is 0 Å². The van der Waals surface area contributed by atoms with E-state index in [1.165, 1.54) is 25.1 Å². The summed E-state index contributed by atoms with van der Waals surface area (Å²) >= 11 is 0. The molecule has 2 rings (SSSR count). The zero-order chi connectivity index (χ0) is 14.6. The summed E-state index contributed by atoms with van der Waals surface area (Å²) < 4.78 is 0. The molecular weight excluding hydrogens is 244 g/mol. The third-order valence-electron chi connectivity index (χ3n) is 4.66. The monoisotopic (exact) mass is 274 g/mol. The van der Waals surface area contributed by atoms with E-state index in [9.17, 15) is 0 Å². The molecule has 1 aliphatic rings. The van der Waals surface area contributed by atoms with E-state index in [4.69, 9.17) is 0 Å². The number of nitrogens with one attached hydrogen (secondary N) is 1. The number of benzene rings is 1. The maximum absolute atomic E-state index is 3.54. The van der Waals surface area contributed by atoms with Crippen molar-refractivity contribution in [3.63, 3.8) is 0 Å². The molecule has 1 saturated heterocycles. The predicted molar refractivity (Wildman–Crippen MR) is 86.9 cm³/mol. The molecule has 1 aliphatic heterocycles. The largest absolute Gasteiger partial charge is 0.315 e. The molecule has 1 N–H and O–H groups in total. The fraction of sp³-hybridized carbons (Fsp3) is 0.667. The Bertz CT molecular complexity index is 394. The highest BCUT2D eigenvalue weighted by atomic mass is 15.2. The molecule has 112 valence electrons. The van der Waals surface area contributed by atoms with Crippen molar-refractivity contribution in [2.75, 3.05) is 26.2 Å². The van der Waals surface area contributed by atoms with Crippen LogP contribution in [0.2, 0.25) is 0 Å². The Morgan fingerprint density at radius 3 is 2.50 bits per heavy atom. The first kappa shape index (κ1) is 15.5. The van der Waals surface area contributed by atoms with Crippen molar-refractivity contribution in [3.8, 4) is 0 Å². The minimum atomic E-state index is 0.425.